The van der Waals surface area contributed by atoms with Gasteiger partial charge in [-0.3, -0.25) is 0 Å². The van der Waals surface area contributed by atoms with Crippen LogP contribution in [0.1, 0.15) is 32.4 Å². The topological polar surface area (TPSA) is 61.8 Å². The van der Waals surface area contributed by atoms with Crippen LogP contribution in [-0.2, 0) is 0 Å². The number of nitrogens with zero attached hydrogens (tertiary/aromatic N) is 1. The van der Waals surface area contributed by atoms with Crippen molar-refractivity contribution in [1.82, 2.24) is 10.2 Å². The summed E-state index contributed by atoms with van der Waals surface area (Å²) in [6.07, 6.45) is -1.01. The summed E-state index contributed by atoms with van der Waals surface area (Å²) in [4.78, 5) is 12.7. The molecule has 6 heteroatoms. The molecule has 0 aromatic heterocycles. The highest BCUT2D eigenvalue weighted by Gasteiger charge is 2.14. The Bertz CT molecular complexity index is 441. The summed E-state index contributed by atoms with van der Waals surface area (Å²) in [7, 11) is 3.25. The number of amides is 1. The summed E-state index contributed by atoms with van der Waals surface area (Å²) in [5.74, 6) is 0.462. The maximum absolute atomic E-state index is 11.4. The molecule has 1 amide bonds. The second kappa shape index (κ2) is 8.22. The number of aliphatic hydroxyl groups excluding tert-OH is 1. The minimum atomic E-state index is -0.590. The van der Waals surface area contributed by atoms with Crippen LogP contribution in [-0.4, -0.2) is 42.3 Å². The van der Waals surface area contributed by atoms with Gasteiger partial charge in [-0.05, 0) is 38.5 Å². The van der Waals surface area contributed by atoms with Crippen molar-refractivity contribution in [3.8, 4) is 5.75 Å². The number of benzene rings is 1. The molecular weight excluding hydrogens is 292 g/mol. The van der Waals surface area contributed by atoms with Gasteiger partial charge in [0.1, 0.15) is 5.75 Å². The molecule has 0 aliphatic carbocycles. The first-order valence-corrected chi connectivity index (χ1v) is 6.61. The molecule has 0 aliphatic heterocycles. The Morgan fingerprint density at radius 3 is 2.24 bits per heavy atom. The highest BCUT2D eigenvalue weighted by Crippen LogP contribution is 2.18. The molecule has 1 unspecified atom stereocenters. The van der Waals surface area contributed by atoms with Gasteiger partial charge in [-0.15, -0.1) is 12.4 Å². The quantitative estimate of drug-likeness (QED) is 0.896. The van der Waals surface area contributed by atoms with Gasteiger partial charge in [0.25, 0.3) is 0 Å². The number of carbonyl (C=O) groups excluding carboxylic acids is 1. The van der Waals surface area contributed by atoms with Crippen molar-refractivity contribution < 1.29 is 14.6 Å². The van der Waals surface area contributed by atoms with Gasteiger partial charge in [0, 0.05) is 26.2 Å². The minimum absolute atomic E-state index is 0. The molecule has 5 nitrogen and oxygen atoms in total. The van der Waals surface area contributed by atoms with Gasteiger partial charge in [-0.2, -0.15) is 0 Å². The fourth-order valence-electron chi connectivity index (χ4n) is 1.47. The molecular formula is C15H25ClN2O3. The molecule has 0 saturated carbocycles. The van der Waals surface area contributed by atoms with E-state index in [4.69, 9.17) is 4.74 Å². The predicted octanol–water partition coefficient (Wildman–Crippen LogP) is 2.59. The van der Waals surface area contributed by atoms with E-state index < -0.39 is 12.2 Å². The first-order valence-electron chi connectivity index (χ1n) is 6.61. The molecule has 0 saturated heterocycles. The molecule has 1 aromatic carbocycles. The monoisotopic (exact) mass is 316 g/mol. The molecule has 0 bridgehead atoms. The molecule has 0 fully saturated rings. The largest absolute Gasteiger partial charge is 0.414 e. The predicted molar refractivity (Wildman–Crippen MR) is 86.1 cm³/mol. The van der Waals surface area contributed by atoms with E-state index in [2.05, 4.69) is 5.32 Å². The maximum Gasteiger partial charge on any atom is 0.414 e. The Kier molecular flexibility index (Phi) is 7.71. The number of β-amino-alcohol motifs (C(OH)–C–C–N with tert-alkyl or cyclic N) is 1. The van der Waals surface area contributed by atoms with Crippen LogP contribution in [0.3, 0.4) is 0 Å². The summed E-state index contributed by atoms with van der Waals surface area (Å²) < 4.78 is 5.11. The van der Waals surface area contributed by atoms with Crippen molar-refractivity contribution in [3.63, 3.8) is 0 Å². The molecule has 21 heavy (non-hydrogen) atoms. The second-order valence-electron chi connectivity index (χ2n) is 5.98. The molecule has 0 aliphatic rings. The van der Waals surface area contributed by atoms with Crippen molar-refractivity contribution in [2.45, 2.75) is 32.4 Å². The Labute approximate surface area is 132 Å². The highest BCUT2D eigenvalue weighted by atomic mass is 35.5. The van der Waals surface area contributed by atoms with E-state index in [1.807, 2.05) is 20.8 Å². The van der Waals surface area contributed by atoms with Gasteiger partial charge in [0.2, 0.25) is 0 Å². The fourth-order valence-corrected chi connectivity index (χ4v) is 1.47. The highest BCUT2D eigenvalue weighted by molar-refractivity contribution is 5.85. The lowest BCUT2D eigenvalue weighted by molar-refractivity contribution is 0.163. The normalized spacial score (nSPS) is 12.3. The molecule has 1 atom stereocenters. The van der Waals surface area contributed by atoms with Crippen LogP contribution >= 0.6 is 12.4 Å². The molecule has 0 spiro atoms. The standard InChI is InChI=1S/C15H24N2O3.ClH/c1-15(2,3)16-10-13(18)11-6-8-12(9-7-11)20-14(19)17(4)5;/h6-9,13,16,18H,10H2,1-5H3;1H. The van der Waals surface area contributed by atoms with E-state index in [0.717, 1.165) is 5.56 Å². The summed E-state index contributed by atoms with van der Waals surface area (Å²) in [6.45, 7) is 6.61. The molecule has 2 N–H and O–H groups in total. The number of carbonyl (C=O) groups is 1. The van der Waals surface area contributed by atoms with E-state index in [1.165, 1.54) is 4.90 Å². The third kappa shape index (κ3) is 7.32. The van der Waals surface area contributed by atoms with Crippen molar-refractivity contribution in [3.05, 3.63) is 29.8 Å². The third-order valence-electron chi connectivity index (χ3n) is 2.66. The third-order valence-corrected chi connectivity index (χ3v) is 2.66. The zero-order chi connectivity index (χ0) is 15.3. The van der Waals surface area contributed by atoms with E-state index in [1.54, 1.807) is 38.4 Å². The average Bonchev–Trinajstić information content (AvgIpc) is 2.35. The summed E-state index contributed by atoms with van der Waals surface area (Å²) in [6, 6.07) is 6.87. The number of hydrogen-bond acceptors (Lipinski definition) is 4. The molecule has 1 rings (SSSR count). The minimum Gasteiger partial charge on any atom is -0.410 e. The number of aliphatic hydroxyl groups is 1. The smallest absolute Gasteiger partial charge is 0.410 e. The average molecular weight is 317 g/mol. The Morgan fingerprint density at radius 1 is 1.29 bits per heavy atom. The number of halogens is 1. The molecule has 0 heterocycles. The SMILES string of the molecule is CN(C)C(=O)Oc1ccc(C(O)CNC(C)(C)C)cc1.Cl. The Morgan fingerprint density at radius 2 is 1.81 bits per heavy atom. The lowest BCUT2D eigenvalue weighted by Gasteiger charge is -2.23. The second-order valence-corrected chi connectivity index (χ2v) is 5.98. The van der Waals surface area contributed by atoms with Gasteiger partial charge in [0.15, 0.2) is 0 Å². The van der Waals surface area contributed by atoms with Crippen LogP contribution < -0.4 is 10.1 Å². The maximum atomic E-state index is 11.4. The van der Waals surface area contributed by atoms with Crippen LogP contribution in [0.25, 0.3) is 0 Å². The van der Waals surface area contributed by atoms with Crippen molar-refractivity contribution >= 4 is 18.5 Å². The first-order chi connectivity index (χ1) is 9.19. The first kappa shape index (κ1) is 19.7. The van der Waals surface area contributed by atoms with E-state index in [0.29, 0.717) is 12.3 Å². The summed E-state index contributed by atoms with van der Waals surface area (Å²) in [5.41, 5.74) is 0.744. The molecule has 0 radical (unpaired) electrons. The van der Waals surface area contributed by atoms with E-state index in [9.17, 15) is 9.90 Å². The van der Waals surface area contributed by atoms with Crippen LogP contribution in [0, 0.1) is 0 Å². The zero-order valence-electron chi connectivity index (χ0n) is 13.2. The van der Waals surface area contributed by atoms with E-state index in [-0.39, 0.29) is 17.9 Å². The Hall–Kier alpha value is -1.30. The van der Waals surface area contributed by atoms with Gasteiger partial charge < -0.3 is 20.1 Å². The van der Waals surface area contributed by atoms with Crippen LogP contribution in [0.4, 0.5) is 4.79 Å². The molecule has 120 valence electrons. The zero-order valence-corrected chi connectivity index (χ0v) is 14.0. The van der Waals surface area contributed by atoms with Gasteiger partial charge in [-0.1, -0.05) is 12.1 Å². The van der Waals surface area contributed by atoms with Crippen LogP contribution in [0.15, 0.2) is 24.3 Å². The lowest BCUT2D eigenvalue weighted by atomic mass is 10.1. The Balaban J connectivity index is 0.00000400. The molecule has 1 aromatic rings. The van der Waals surface area contributed by atoms with Gasteiger partial charge >= 0.3 is 6.09 Å². The van der Waals surface area contributed by atoms with E-state index >= 15 is 0 Å². The van der Waals surface area contributed by atoms with Crippen LogP contribution in [0.2, 0.25) is 0 Å². The van der Waals surface area contributed by atoms with Crippen LogP contribution in [0.5, 0.6) is 5.75 Å². The number of hydrogen-bond donors (Lipinski definition) is 2. The van der Waals surface area contributed by atoms with Crippen molar-refractivity contribution in [2.24, 2.45) is 0 Å². The number of nitrogens with one attached hydrogen (secondary N) is 1. The van der Waals surface area contributed by atoms with Gasteiger partial charge in [0.05, 0.1) is 6.10 Å². The summed E-state index contributed by atoms with van der Waals surface area (Å²) in [5, 5.41) is 13.3. The van der Waals surface area contributed by atoms with Crippen molar-refractivity contribution in [1.29, 1.82) is 0 Å². The van der Waals surface area contributed by atoms with Crippen molar-refractivity contribution in [2.75, 3.05) is 20.6 Å². The summed E-state index contributed by atoms with van der Waals surface area (Å²) >= 11 is 0. The van der Waals surface area contributed by atoms with Gasteiger partial charge in [-0.25, -0.2) is 4.79 Å². The fraction of sp³-hybridized carbons (Fsp3) is 0.533. The number of ether oxygens (including phenoxy) is 1. The number of rotatable bonds is 4. The lowest BCUT2D eigenvalue weighted by Crippen LogP contribution is -2.38.